The van der Waals surface area contributed by atoms with Gasteiger partial charge in [0.25, 0.3) is 0 Å². The molecular weight excluding hydrogens is 224 g/mol. The highest BCUT2D eigenvalue weighted by Crippen LogP contribution is 2.21. The fourth-order valence-corrected chi connectivity index (χ4v) is 1.72. The molecule has 0 fully saturated rings. The predicted octanol–water partition coefficient (Wildman–Crippen LogP) is 3.41. The van der Waals surface area contributed by atoms with Gasteiger partial charge in [-0.1, -0.05) is 42.3 Å². The molecule has 0 amide bonds. The molecule has 2 nitrogen and oxygen atoms in total. The van der Waals surface area contributed by atoms with Crippen LogP contribution in [0.15, 0.2) is 42.5 Å². The molecule has 18 heavy (non-hydrogen) atoms. The van der Waals surface area contributed by atoms with Crippen molar-refractivity contribution in [2.75, 3.05) is 0 Å². The minimum atomic E-state index is -0.895. The quantitative estimate of drug-likeness (QED) is 0.592. The topological polar surface area (TPSA) is 26.3 Å². The number of fused-ring (bicyclic) bond motifs is 1. The van der Waals surface area contributed by atoms with Crippen molar-refractivity contribution in [3.8, 4) is 12.3 Å². The summed E-state index contributed by atoms with van der Waals surface area (Å²) in [6.07, 6.45) is 5.32. The SMILES string of the molecule is C#CC(C)(C)OC(=O)c1cccc2ccccc12. The van der Waals surface area contributed by atoms with Crippen LogP contribution < -0.4 is 0 Å². The molecule has 2 rings (SSSR count). The van der Waals surface area contributed by atoms with E-state index in [1.165, 1.54) is 0 Å². The van der Waals surface area contributed by atoms with E-state index in [-0.39, 0.29) is 0 Å². The van der Waals surface area contributed by atoms with Crippen LogP contribution in [-0.4, -0.2) is 11.6 Å². The Morgan fingerprint density at radius 3 is 2.56 bits per heavy atom. The molecule has 0 unspecified atom stereocenters. The van der Waals surface area contributed by atoms with E-state index >= 15 is 0 Å². The maximum Gasteiger partial charge on any atom is 0.340 e. The van der Waals surface area contributed by atoms with Crippen molar-refractivity contribution in [3.05, 3.63) is 48.0 Å². The highest BCUT2D eigenvalue weighted by molar-refractivity contribution is 6.04. The standard InChI is InChI=1S/C16H14O2/c1-4-16(2,3)18-15(17)14-11-7-9-12-8-5-6-10-13(12)14/h1,5-11H,2-3H3. The zero-order valence-corrected chi connectivity index (χ0v) is 10.4. The fraction of sp³-hybridized carbons (Fsp3) is 0.188. The summed E-state index contributed by atoms with van der Waals surface area (Å²) in [5.41, 5.74) is -0.356. The number of benzene rings is 2. The smallest absolute Gasteiger partial charge is 0.340 e. The van der Waals surface area contributed by atoms with Crippen molar-refractivity contribution in [2.45, 2.75) is 19.4 Å². The summed E-state index contributed by atoms with van der Waals surface area (Å²) in [5, 5.41) is 1.88. The van der Waals surface area contributed by atoms with Crippen molar-refractivity contribution >= 4 is 16.7 Å². The normalized spacial score (nSPS) is 10.9. The van der Waals surface area contributed by atoms with Crippen LogP contribution in [0.2, 0.25) is 0 Å². The Labute approximate surface area is 107 Å². The molecule has 0 heterocycles. The molecule has 0 spiro atoms. The van der Waals surface area contributed by atoms with Crippen LogP contribution in [0.25, 0.3) is 10.8 Å². The Morgan fingerprint density at radius 2 is 1.83 bits per heavy atom. The van der Waals surface area contributed by atoms with Crippen molar-refractivity contribution in [2.24, 2.45) is 0 Å². The third-order valence-corrected chi connectivity index (χ3v) is 2.71. The average molecular weight is 238 g/mol. The van der Waals surface area contributed by atoms with Gasteiger partial charge in [0.2, 0.25) is 0 Å². The lowest BCUT2D eigenvalue weighted by Crippen LogP contribution is -2.26. The predicted molar refractivity (Wildman–Crippen MR) is 72.3 cm³/mol. The molecule has 0 atom stereocenters. The number of carbonyl (C=O) groups excluding carboxylic acids is 1. The molecule has 0 radical (unpaired) electrons. The lowest BCUT2D eigenvalue weighted by atomic mass is 10.0. The number of ether oxygens (including phenoxy) is 1. The van der Waals surface area contributed by atoms with Crippen LogP contribution in [0, 0.1) is 12.3 Å². The van der Waals surface area contributed by atoms with Crippen molar-refractivity contribution in [3.63, 3.8) is 0 Å². The van der Waals surface area contributed by atoms with Gasteiger partial charge in [0.15, 0.2) is 5.60 Å². The first kappa shape index (κ1) is 12.2. The molecule has 0 aliphatic rings. The second kappa shape index (κ2) is 4.54. The number of terminal acetylenes is 1. The van der Waals surface area contributed by atoms with Crippen LogP contribution in [0.4, 0.5) is 0 Å². The third kappa shape index (κ3) is 2.36. The first-order valence-corrected chi connectivity index (χ1v) is 5.72. The van der Waals surface area contributed by atoms with E-state index in [9.17, 15) is 4.79 Å². The summed E-state index contributed by atoms with van der Waals surface area (Å²) in [5.74, 6) is 2.05. The molecule has 0 aromatic heterocycles. The van der Waals surface area contributed by atoms with Crippen LogP contribution in [-0.2, 0) is 4.74 Å². The zero-order valence-electron chi connectivity index (χ0n) is 10.4. The van der Waals surface area contributed by atoms with Gasteiger partial charge in [-0.15, -0.1) is 6.42 Å². The molecule has 2 heteroatoms. The largest absolute Gasteiger partial charge is 0.443 e. The van der Waals surface area contributed by atoms with Crippen molar-refractivity contribution in [1.82, 2.24) is 0 Å². The molecule has 0 saturated carbocycles. The minimum Gasteiger partial charge on any atom is -0.443 e. The van der Waals surface area contributed by atoms with Crippen LogP contribution in [0.3, 0.4) is 0 Å². The van der Waals surface area contributed by atoms with E-state index in [1.807, 2.05) is 36.4 Å². The summed E-state index contributed by atoms with van der Waals surface area (Å²) in [7, 11) is 0. The monoisotopic (exact) mass is 238 g/mol. The lowest BCUT2D eigenvalue weighted by molar-refractivity contribution is 0.0207. The van der Waals surface area contributed by atoms with Gasteiger partial charge in [-0.05, 0) is 30.7 Å². The number of rotatable bonds is 2. The maximum absolute atomic E-state index is 12.1. The fourth-order valence-electron chi connectivity index (χ4n) is 1.72. The highest BCUT2D eigenvalue weighted by Gasteiger charge is 2.21. The van der Waals surface area contributed by atoms with Crippen LogP contribution in [0.5, 0.6) is 0 Å². The molecule has 2 aromatic carbocycles. The van der Waals surface area contributed by atoms with Crippen LogP contribution in [0.1, 0.15) is 24.2 Å². The Bertz CT molecular complexity index is 628. The molecule has 90 valence electrons. The number of hydrogen-bond acceptors (Lipinski definition) is 2. The van der Waals surface area contributed by atoms with E-state index in [1.54, 1.807) is 19.9 Å². The molecule has 0 bridgehead atoms. The summed E-state index contributed by atoms with van der Waals surface area (Å²) in [4.78, 5) is 12.1. The molecule has 0 aliphatic carbocycles. The lowest BCUT2D eigenvalue weighted by Gasteiger charge is -2.19. The molecule has 2 aromatic rings. The van der Waals surface area contributed by atoms with Gasteiger partial charge in [0.1, 0.15) is 0 Å². The van der Waals surface area contributed by atoms with Gasteiger partial charge >= 0.3 is 5.97 Å². The summed E-state index contributed by atoms with van der Waals surface area (Å²) in [6, 6.07) is 13.2. The average Bonchev–Trinajstić information content (AvgIpc) is 2.37. The highest BCUT2D eigenvalue weighted by atomic mass is 16.6. The van der Waals surface area contributed by atoms with Gasteiger partial charge < -0.3 is 4.74 Å². The molecular formula is C16H14O2. The Hall–Kier alpha value is -2.27. The van der Waals surface area contributed by atoms with Crippen molar-refractivity contribution < 1.29 is 9.53 Å². The number of hydrogen-bond donors (Lipinski definition) is 0. The van der Waals surface area contributed by atoms with E-state index < -0.39 is 11.6 Å². The van der Waals surface area contributed by atoms with E-state index in [4.69, 9.17) is 11.2 Å². The molecule has 0 saturated heterocycles. The maximum atomic E-state index is 12.1. The summed E-state index contributed by atoms with van der Waals surface area (Å²) < 4.78 is 5.31. The molecule has 0 aliphatic heterocycles. The zero-order chi connectivity index (χ0) is 13.2. The minimum absolute atomic E-state index is 0.394. The van der Waals surface area contributed by atoms with E-state index in [0.29, 0.717) is 5.56 Å². The molecule has 0 N–H and O–H groups in total. The number of esters is 1. The van der Waals surface area contributed by atoms with Gasteiger partial charge in [-0.25, -0.2) is 4.79 Å². The van der Waals surface area contributed by atoms with Gasteiger partial charge in [0, 0.05) is 0 Å². The first-order chi connectivity index (χ1) is 8.53. The summed E-state index contributed by atoms with van der Waals surface area (Å²) in [6.45, 7) is 3.38. The Kier molecular flexibility index (Phi) is 3.08. The second-order valence-corrected chi connectivity index (χ2v) is 4.57. The van der Waals surface area contributed by atoms with E-state index in [0.717, 1.165) is 10.8 Å². The van der Waals surface area contributed by atoms with Gasteiger partial charge in [0.05, 0.1) is 5.56 Å². The van der Waals surface area contributed by atoms with Gasteiger partial charge in [-0.3, -0.25) is 0 Å². The number of carbonyl (C=O) groups is 1. The van der Waals surface area contributed by atoms with Crippen LogP contribution >= 0.6 is 0 Å². The van der Waals surface area contributed by atoms with Gasteiger partial charge in [-0.2, -0.15) is 0 Å². The Morgan fingerprint density at radius 1 is 1.17 bits per heavy atom. The Balaban J connectivity index is 2.43. The third-order valence-electron chi connectivity index (χ3n) is 2.71. The van der Waals surface area contributed by atoms with E-state index in [2.05, 4.69) is 5.92 Å². The summed E-state index contributed by atoms with van der Waals surface area (Å²) >= 11 is 0. The second-order valence-electron chi connectivity index (χ2n) is 4.57. The first-order valence-electron chi connectivity index (χ1n) is 5.72. The van der Waals surface area contributed by atoms with Crippen molar-refractivity contribution in [1.29, 1.82) is 0 Å².